The Morgan fingerprint density at radius 2 is 1.59 bits per heavy atom. The van der Waals surface area contributed by atoms with Crippen LogP contribution in [0.25, 0.3) is 5.57 Å². The van der Waals surface area contributed by atoms with Gasteiger partial charge in [-0.25, -0.2) is 14.1 Å². The number of alkyl halides is 4. The van der Waals surface area contributed by atoms with E-state index in [2.05, 4.69) is 4.94 Å². The Balaban J connectivity index is 2.11. The van der Waals surface area contributed by atoms with Crippen molar-refractivity contribution in [3.05, 3.63) is 71.5 Å². The number of carbonyl (C=O) groups excluding carboxylic acids is 1. The average Bonchev–Trinajstić information content (AvgIpc) is 2.71. The maximum Gasteiger partial charge on any atom is 0.389 e. The summed E-state index contributed by atoms with van der Waals surface area (Å²) >= 11 is 0. The van der Waals surface area contributed by atoms with E-state index in [4.69, 9.17) is 4.74 Å². The molecule has 0 aliphatic heterocycles. The molecule has 0 bridgehead atoms. The van der Waals surface area contributed by atoms with Gasteiger partial charge in [0.2, 0.25) is 0 Å². The van der Waals surface area contributed by atoms with Crippen LogP contribution in [-0.4, -0.2) is 18.8 Å². The number of benzene rings is 2. The van der Waals surface area contributed by atoms with Crippen molar-refractivity contribution in [2.75, 3.05) is 6.67 Å². The van der Waals surface area contributed by atoms with Gasteiger partial charge in [0.05, 0.1) is 0 Å². The third kappa shape index (κ3) is 7.21. The molecule has 156 valence electrons. The molecule has 2 rings (SSSR count). The van der Waals surface area contributed by atoms with E-state index in [-0.39, 0.29) is 23.3 Å². The van der Waals surface area contributed by atoms with E-state index in [1.54, 1.807) is 30.3 Å². The van der Waals surface area contributed by atoms with Crippen molar-refractivity contribution < 1.29 is 36.6 Å². The van der Waals surface area contributed by atoms with Crippen LogP contribution in [0, 0.1) is 0 Å². The van der Waals surface area contributed by atoms with Crippen molar-refractivity contribution in [3.8, 4) is 5.75 Å². The Morgan fingerprint density at radius 1 is 0.931 bits per heavy atom. The predicted octanol–water partition coefficient (Wildman–Crippen LogP) is 6.15. The van der Waals surface area contributed by atoms with E-state index in [9.17, 15) is 26.9 Å². The van der Waals surface area contributed by atoms with Gasteiger partial charge in [-0.3, -0.25) is 0 Å². The monoisotopic (exact) mass is 414 g/mol. The number of allylic oxidation sites excluding steroid dienone is 1. The zero-order chi connectivity index (χ0) is 21.3. The van der Waals surface area contributed by atoms with E-state index in [0.29, 0.717) is 12.8 Å². The van der Waals surface area contributed by atoms with E-state index in [1.165, 1.54) is 24.3 Å². The second kappa shape index (κ2) is 10.6. The molecule has 0 aliphatic carbocycles. The molecule has 29 heavy (non-hydrogen) atoms. The van der Waals surface area contributed by atoms with Crippen molar-refractivity contribution in [2.24, 2.45) is 0 Å². The van der Waals surface area contributed by atoms with Crippen molar-refractivity contribution in [1.29, 1.82) is 0 Å². The number of hydrogen-bond donors (Lipinski definition) is 0. The summed E-state index contributed by atoms with van der Waals surface area (Å²) in [4.78, 5) is 15.1. The normalized spacial score (nSPS) is 12.3. The molecule has 2 aromatic rings. The van der Waals surface area contributed by atoms with Crippen LogP contribution in [0.5, 0.6) is 5.75 Å². The molecule has 0 unspecified atom stereocenters. The first-order valence-electron chi connectivity index (χ1n) is 8.85. The lowest BCUT2D eigenvalue weighted by Gasteiger charge is -2.12. The number of hydrogen-bond acceptors (Lipinski definition) is 3. The molecule has 0 amide bonds. The molecule has 0 heterocycles. The first-order chi connectivity index (χ1) is 13.8. The summed E-state index contributed by atoms with van der Waals surface area (Å²) in [5.74, 6) is -1.61. The molecule has 0 saturated heterocycles. The van der Waals surface area contributed by atoms with E-state index in [0.717, 1.165) is 5.56 Å². The van der Waals surface area contributed by atoms with Crippen molar-refractivity contribution in [3.63, 3.8) is 0 Å². The summed E-state index contributed by atoms with van der Waals surface area (Å²) in [6.45, 7) is -1.18. The zero-order valence-electron chi connectivity index (χ0n) is 15.3. The molecule has 0 fully saturated rings. The number of unbranched alkanes of at least 4 members (excludes halogenated alkanes) is 1. The maximum atomic E-state index is 13.6. The Kier molecular flexibility index (Phi) is 8.18. The smallest absolute Gasteiger partial charge is 0.389 e. The van der Waals surface area contributed by atoms with E-state index < -0.39 is 31.0 Å². The summed E-state index contributed by atoms with van der Waals surface area (Å²) in [6, 6.07) is 14.1. The fraction of sp³-hybridized carbons (Fsp3) is 0.286. The van der Waals surface area contributed by atoms with E-state index >= 15 is 0 Å². The quantitative estimate of drug-likeness (QED) is 0.214. The zero-order valence-corrected chi connectivity index (χ0v) is 15.3. The molecule has 0 saturated carbocycles. The molecule has 0 spiro atoms. The average molecular weight is 414 g/mol. The van der Waals surface area contributed by atoms with Crippen LogP contribution in [0.2, 0.25) is 0 Å². The number of halogens is 5. The van der Waals surface area contributed by atoms with Crippen molar-refractivity contribution in [1.82, 2.24) is 0 Å². The molecular formula is C21H19F5O3. The maximum absolute atomic E-state index is 13.6. The highest BCUT2D eigenvalue weighted by Gasteiger charge is 2.25. The highest BCUT2D eigenvalue weighted by Crippen LogP contribution is 2.26. The summed E-state index contributed by atoms with van der Waals surface area (Å²) in [5, 5.41) is 0. The van der Waals surface area contributed by atoms with Crippen LogP contribution in [-0.2, 0) is 16.2 Å². The van der Waals surface area contributed by atoms with Gasteiger partial charge in [0.25, 0.3) is 0 Å². The van der Waals surface area contributed by atoms with Crippen LogP contribution >= 0.6 is 0 Å². The third-order valence-corrected chi connectivity index (χ3v) is 4.08. The molecule has 0 N–H and O–H groups in total. The van der Waals surface area contributed by atoms with Gasteiger partial charge in [-0.15, -0.1) is 0 Å². The van der Waals surface area contributed by atoms with Gasteiger partial charge in [-0.05, 0) is 42.5 Å². The minimum Gasteiger partial charge on any atom is -0.458 e. The third-order valence-electron chi connectivity index (χ3n) is 4.08. The van der Waals surface area contributed by atoms with Gasteiger partial charge in [0.15, 0.2) is 5.76 Å². The van der Waals surface area contributed by atoms with Crippen LogP contribution in [0.4, 0.5) is 22.1 Å². The minimum atomic E-state index is -4.16. The summed E-state index contributed by atoms with van der Waals surface area (Å²) in [5.41, 5.74) is 0.632. The fourth-order valence-corrected chi connectivity index (χ4v) is 2.70. The van der Waals surface area contributed by atoms with Crippen LogP contribution in [0.3, 0.4) is 0 Å². The summed E-state index contributed by atoms with van der Waals surface area (Å²) in [7, 11) is 0. The lowest BCUT2D eigenvalue weighted by atomic mass is 10.0. The van der Waals surface area contributed by atoms with Gasteiger partial charge in [0, 0.05) is 10.9 Å². The minimum absolute atomic E-state index is 0.0300. The second-order valence-electron chi connectivity index (χ2n) is 6.23. The highest BCUT2D eigenvalue weighted by atomic mass is 19.4. The molecule has 3 nitrogen and oxygen atoms in total. The first-order valence-corrected chi connectivity index (χ1v) is 8.85. The number of carbonyl (C=O) groups is 1. The van der Waals surface area contributed by atoms with Crippen LogP contribution in [0.15, 0.2) is 60.4 Å². The van der Waals surface area contributed by atoms with Crippen molar-refractivity contribution in [2.45, 2.75) is 31.9 Å². The van der Waals surface area contributed by atoms with E-state index in [1.807, 2.05) is 0 Å². The molecule has 0 aromatic heterocycles. The lowest BCUT2D eigenvalue weighted by Crippen LogP contribution is -2.11. The number of aryl methyl sites for hydroxylation is 1. The standard InChI is InChI=1S/C21H19F5O3/c22-14-18(19(20(27)29-26)16-7-2-1-3-8-16)28-17-11-9-15(10-12-17)6-4-5-13-21(23,24)25/h1-3,7-12H,4-6,13-14H2. The van der Waals surface area contributed by atoms with Crippen LogP contribution in [0.1, 0.15) is 30.4 Å². The largest absolute Gasteiger partial charge is 0.458 e. The lowest BCUT2D eigenvalue weighted by molar-refractivity contribution is -0.175. The predicted molar refractivity (Wildman–Crippen MR) is 97.2 cm³/mol. The van der Waals surface area contributed by atoms with Gasteiger partial charge >= 0.3 is 12.1 Å². The topological polar surface area (TPSA) is 35.5 Å². The summed E-state index contributed by atoms with van der Waals surface area (Å²) in [6.07, 6.45) is -4.14. The first kappa shape index (κ1) is 22.4. The van der Waals surface area contributed by atoms with Gasteiger partial charge in [-0.2, -0.15) is 13.2 Å². The SMILES string of the molecule is O=C(OF)C(=C(CF)Oc1ccc(CCCCC(F)(F)F)cc1)c1ccccc1. The molecule has 8 heteroatoms. The molecular weight excluding hydrogens is 395 g/mol. The Labute approximate surface area is 164 Å². The van der Waals surface area contributed by atoms with Gasteiger partial charge in [0.1, 0.15) is 18.0 Å². The number of ether oxygens (including phenoxy) is 1. The van der Waals surface area contributed by atoms with Crippen LogP contribution < -0.4 is 4.74 Å². The Hall–Kier alpha value is -2.90. The molecule has 0 radical (unpaired) electrons. The highest BCUT2D eigenvalue weighted by molar-refractivity contribution is 6.17. The Bertz CT molecular complexity index is 814. The summed E-state index contributed by atoms with van der Waals surface area (Å²) < 4.78 is 67.9. The van der Waals surface area contributed by atoms with Gasteiger partial charge in [-0.1, -0.05) is 42.5 Å². The molecule has 2 aromatic carbocycles. The molecule has 0 atom stereocenters. The Morgan fingerprint density at radius 3 is 2.14 bits per heavy atom. The molecule has 0 aliphatic rings. The second-order valence-corrected chi connectivity index (χ2v) is 6.23. The van der Waals surface area contributed by atoms with Crippen molar-refractivity contribution >= 4 is 11.5 Å². The van der Waals surface area contributed by atoms with Gasteiger partial charge < -0.3 is 4.74 Å². The fourth-order valence-electron chi connectivity index (χ4n) is 2.70. The number of rotatable bonds is 9.